The number of carbonyl (C=O) groups excluding carboxylic acids is 2. The van der Waals surface area contributed by atoms with Crippen LogP contribution in [0, 0.1) is 0 Å². The maximum atomic E-state index is 11.7. The average Bonchev–Trinajstić information content (AvgIpc) is 2.68. The molecule has 0 aliphatic carbocycles. The van der Waals surface area contributed by atoms with Crippen LogP contribution in [0.5, 0.6) is 0 Å². The summed E-state index contributed by atoms with van der Waals surface area (Å²) in [5.74, 6) is -0.446. The molecule has 1 fully saturated rings. The lowest BCUT2D eigenvalue weighted by molar-refractivity contribution is -0.117. The highest BCUT2D eigenvalue weighted by Crippen LogP contribution is 2.30. The molecule has 1 aromatic carbocycles. The molecule has 2 amide bonds. The zero-order valence-corrected chi connectivity index (χ0v) is 10.6. The summed E-state index contributed by atoms with van der Waals surface area (Å²) in [5.41, 5.74) is 0.880. The van der Waals surface area contributed by atoms with Gasteiger partial charge in [-0.05, 0) is 18.2 Å². The molecule has 1 aromatic rings. The van der Waals surface area contributed by atoms with Crippen molar-refractivity contribution in [3.63, 3.8) is 0 Å². The monoisotopic (exact) mass is 268 g/mol. The molecule has 5 nitrogen and oxygen atoms in total. The average molecular weight is 269 g/mol. The molecule has 1 unspecified atom stereocenters. The molecule has 1 aliphatic heterocycles. The van der Waals surface area contributed by atoms with Crippen LogP contribution in [0.15, 0.2) is 18.2 Å². The van der Waals surface area contributed by atoms with E-state index in [9.17, 15) is 14.7 Å². The number of anilines is 1. The van der Waals surface area contributed by atoms with Gasteiger partial charge in [0.2, 0.25) is 5.91 Å². The highest BCUT2D eigenvalue weighted by molar-refractivity contribution is 6.34. The molecule has 0 radical (unpaired) electrons. The molecule has 2 rings (SSSR count). The third-order valence-corrected chi connectivity index (χ3v) is 3.15. The fraction of sp³-hybridized carbons (Fsp3) is 0.333. The largest absolute Gasteiger partial charge is 0.391 e. The molecule has 1 heterocycles. The fourth-order valence-electron chi connectivity index (χ4n) is 1.93. The van der Waals surface area contributed by atoms with Crippen LogP contribution >= 0.6 is 11.6 Å². The highest BCUT2D eigenvalue weighted by atomic mass is 35.5. The smallest absolute Gasteiger partial charge is 0.251 e. The number of hydrogen-bond donors (Lipinski definition) is 2. The number of nitrogens with one attached hydrogen (secondary N) is 1. The van der Waals surface area contributed by atoms with Gasteiger partial charge in [-0.15, -0.1) is 0 Å². The first-order valence-electron chi connectivity index (χ1n) is 5.53. The van der Waals surface area contributed by atoms with Gasteiger partial charge in [-0.1, -0.05) is 11.6 Å². The van der Waals surface area contributed by atoms with E-state index >= 15 is 0 Å². The van der Waals surface area contributed by atoms with E-state index in [0.29, 0.717) is 16.3 Å². The SMILES string of the molecule is CNC(=O)c1ccc(Cl)c(N2CC(O)CC2=O)c1. The Hall–Kier alpha value is -1.59. The molecule has 18 heavy (non-hydrogen) atoms. The summed E-state index contributed by atoms with van der Waals surface area (Å²) >= 11 is 6.03. The zero-order valence-electron chi connectivity index (χ0n) is 9.81. The summed E-state index contributed by atoms with van der Waals surface area (Å²) in [6, 6.07) is 4.71. The Morgan fingerprint density at radius 2 is 2.28 bits per heavy atom. The molecule has 1 saturated heterocycles. The van der Waals surface area contributed by atoms with Crippen molar-refractivity contribution in [2.45, 2.75) is 12.5 Å². The molecule has 1 atom stereocenters. The Balaban J connectivity index is 2.38. The molecule has 96 valence electrons. The van der Waals surface area contributed by atoms with Crippen LogP contribution < -0.4 is 10.2 Å². The summed E-state index contributed by atoms with van der Waals surface area (Å²) < 4.78 is 0. The van der Waals surface area contributed by atoms with Crippen molar-refractivity contribution >= 4 is 29.1 Å². The number of aliphatic hydroxyl groups excluding tert-OH is 1. The summed E-state index contributed by atoms with van der Waals surface area (Å²) in [4.78, 5) is 24.6. The van der Waals surface area contributed by atoms with E-state index in [1.165, 1.54) is 11.9 Å². The maximum absolute atomic E-state index is 11.7. The molecule has 0 saturated carbocycles. The second kappa shape index (κ2) is 4.96. The van der Waals surface area contributed by atoms with E-state index < -0.39 is 6.10 Å². The van der Waals surface area contributed by atoms with Gasteiger partial charge in [0.15, 0.2) is 0 Å². The second-order valence-corrected chi connectivity index (χ2v) is 4.51. The van der Waals surface area contributed by atoms with Crippen LogP contribution in [0.2, 0.25) is 5.02 Å². The van der Waals surface area contributed by atoms with E-state index in [-0.39, 0.29) is 24.8 Å². The second-order valence-electron chi connectivity index (χ2n) is 4.11. The van der Waals surface area contributed by atoms with E-state index in [1.54, 1.807) is 18.2 Å². The van der Waals surface area contributed by atoms with Gasteiger partial charge in [0.1, 0.15) is 0 Å². The van der Waals surface area contributed by atoms with Gasteiger partial charge in [0.25, 0.3) is 5.91 Å². The van der Waals surface area contributed by atoms with Crippen molar-refractivity contribution in [2.24, 2.45) is 0 Å². The summed E-state index contributed by atoms with van der Waals surface area (Å²) in [5, 5.41) is 12.3. The molecule has 0 bridgehead atoms. The first kappa shape index (κ1) is 12.9. The molecule has 2 N–H and O–H groups in total. The maximum Gasteiger partial charge on any atom is 0.251 e. The van der Waals surface area contributed by atoms with Crippen molar-refractivity contribution in [2.75, 3.05) is 18.5 Å². The predicted molar refractivity (Wildman–Crippen MR) is 67.8 cm³/mol. The zero-order chi connectivity index (χ0) is 13.3. The number of halogens is 1. The first-order chi connectivity index (χ1) is 8.52. The standard InChI is InChI=1S/C12H13ClN2O3/c1-14-12(18)7-2-3-9(13)10(4-7)15-6-8(16)5-11(15)17/h2-4,8,16H,5-6H2,1H3,(H,14,18). The molecule has 0 spiro atoms. The van der Waals surface area contributed by atoms with Gasteiger partial charge in [-0.2, -0.15) is 0 Å². The lowest BCUT2D eigenvalue weighted by Gasteiger charge is -2.18. The van der Waals surface area contributed by atoms with Crippen LogP contribution in [-0.4, -0.2) is 36.6 Å². The van der Waals surface area contributed by atoms with Gasteiger partial charge in [0.05, 0.1) is 29.8 Å². The highest BCUT2D eigenvalue weighted by Gasteiger charge is 2.30. The number of nitrogens with zero attached hydrogens (tertiary/aromatic N) is 1. The molecular weight excluding hydrogens is 256 g/mol. The number of benzene rings is 1. The normalized spacial score (nSPS) is 19.2. The van der Waals surface area contributed by atoms with Crippen molar-refractivity contribution in [1.82, 2.24) is 5.32 Å². The molecular formula is C12H13ClN2O3. The Bertz CT molecular complexity index is 504. The summed E-state index contributed by atoms with van der Waals surface area (Å²) in [7, 11) is 1.53. The topological polar surface area (TPSA) is 69.6 Å². The van der Waals surface area contributed by atoms with Crippen LogP contribution in [0.4, 0.5) is 5.69 Å². The van der Waals surface area contributed by atoms with Crippen molar-refractivity contribution in [3.8, 4) is 0 Å². The number of hydrogen-bond acceptors (Lipinski definition) is 3. The first-order valence-corrected chi connectivity index (χ1v) is 5.90. The minimum atomic E-state index is -0.683. The Labute approximate surface area is 109 Å². The van der Waals surface area contributed by atoms with Gasteiger partial charge >= 0.3 is 0 Å². The third kappa shape index (κ3) is 2.32. The Morgan fingerprint density at radius 3 is 2.83 bits per heavy atom. The fourth-order valence-corrected chi connectivity index (χ4v) is 2.15. The van der Waals surface area contributed by atoms with E-state index in [4.69, 9.17) is 11.6 Å². The van der Waals surface area contributed by atoms with Gasteiger partial charge in [-0.3, -0.25) is 9.59 Å². The Kier molecular flexibility index (Phi) is 3.54. The van der Waals surface area contributed by atoms with Crippen molar-refractivity contribution < 1.29 is 14.7 Å². The van der Waals surface area contributed by atoms with Crippen LogP contribution in [0.3, 0.4) is 0 Å². The molecule has 0 aromatic heterocycles. The predicted octanol–water partition coefficient (Wildman–Crippen LogP) is 0.797. The van der Waals surface area contributed by atoms with E-state index in [0.717, 1.165) is 0 Å². The van der Waals surface area contributed by atoms with E-state index in [2.05, 4.69) is 5.32 Å². The summed E-state index contributed by atoms with van der Waals surface area (Å²) in [6.07, 6.45) is -0.599. The van der Waals surface area contributed by atoms with Crippen LogP contribution in [-0.2, 0) is 4.79 Å². The quantitative estimate of drug-likeness (QED) is 0.833. The van der Waals surface area contributed by atoms with Crippen molar-refractivity contribution in [3.05, 3.63) is 28.8 Å². The van der Waals surface area contributed by atoms with Crippen molar-refractivity contribution in [1.29, 1.82) is 0 Å². The van der Waals surface area contributed by atoms with Crippen LogP contribution in [0.1, 0.15) is 16.8 Å². The number of amides is 2. The van der Waals surface area contributed by atoms with Gasteiger partial charge in [-0.25, -0.2) is 0 Å². The lowest BCUT2D eigenvalue weighted by Crippen LogP contribution is -2.26. The van der Waals surface area contributed by atoms with Gasteiger partial charge in [0, 0.05) is 12.6 Å². The van der Waals surface area contributed by atoms with Crippen LogP contribution in [0.25, 0.3) is 0 Å². The van der Waals surface area contributed by atoms with Gasteiger partial charge < -0.3 is 15.3 Å². The lowest BCUT2D eigenvalue weighted by atomic mass is 10.1. The van der Waals surface area contributed by atoms with E-state index in [1.807, 2.05) is 0 Å². The minimum Gasteiger partial charge on any atom is -0.391 e. The number of carbonyl (C=O) groups is 2. The number of aliphatic hydroxyl groups is 1. The minimum absolute atomic E-state index is 0.0839. The molecule has 6 heteroatoms. The summed E-state index contributed by atoms with van der Waals surface area (Å²) in [6.45, 7) is 0.204. The third-order valence-electron chi connectivity index (χ3n) is 2.83. The number of rotatable bonds is 2. The molecule has 1 aliphatic rings. The Morgan fingerprint density at radius 1 is 1.56 bits per heavy atom. The number of β-amino-alcohol motifs (C(OH)–C–C–N with tert-alkyl or cyclic N) is 1.